The first-order valence-electron chi connectivity index (χ1n) is 8.59. The van der Waals surface area contributed by atoms with Gasteiger partial charge in [-0.15, -0.1) is 0 Å². The van der Waals surface area contributed by atoms with Crippen molar-refractivity contribution in [3.8, 4) is 0 Å². The Labute approximate surface area is 137 Å². The Morgan fingerprint density at radius 3 is 2.61 bits per heavy atom. The highest BCUT2D eigenvalue weighted by molar-refractivity contribution is 5.89. The van der Waals surface area contributed by atoms with Crippen molar-refractivity contribution in [3.05, 3.63) is 0 Å². The third-order valence-corrected chi connectivity index (χ3v) is 5.10. The summed E-state index contributed by atoms with van der Waals surface area (Å²) in [7, 11) is 1.41. The quantitative estimate of drug-likeness (QED) is 0.774. The van der Waals surface area contributed by atoms with Crippen LogP contribution >= 0.6 is 0 Å². The number of likely N-dealkylation sites (tertiary alicyclic amines) is 1. The number of nitrogens with zero attached hydrogens (tertiary/aromatic N) is 1. The highest BCUT2D eigenvalue weighted by atomic mass is 16.5. The van der Waals surface area contributed by atoms with Crippen LogP contribution in [0.25, 0.3) is 0 Å². The van der Waals surface area contributed by atoms with Gasteiger partial charge < -0.3 is 15.0 Å². The summed E-state index contributed by atoms with van der Waals surface area (Å²) in [5.74, 6) is -0.457. The van der Waals surface area contributed by atoms with Crippen LogP contribution < -0.4 is 5.32 Å². The molecule has 6 heteroatoms. The highest BCUT2D eigenvalue weighted by Crippen LogP contribution is 2.30. The van der Waals surface area contributed by atoms with E-state index in [4.69, 9.17) is 4.74 Å². The van der Waals surface area contributed by atoms with Crippen LogP contribution in [0.4, 0.5) is 0 Å². The lowest BCUT2D eigenvalue weighted by Gasteiger charge is -2.30. The third-order valence-electron chi connectivity index (χ3n) is 5.10. The average Bonchev–Trinajstić information content (AvgIpc) is 2.94. The lowest BCUT2D eigenvalue weighted by atomic mass is 9.79. The lowest BCUT2D eigenvalue weighted by Crippen LogP contribution is -2.40. The number of esters is 1. The molecule has 2 aliphatic rings. The van der Waals surface area contributed by atoms with Gasteiger partial charge in [-0.2, -0.15) is 0 Å². The van der Waals surface area contributed by atoms with Crippen LogP contribution in [0.5, 0.6) is 0 Å². The number of hydrogen-bond acceptors (Lipinski definition) is 4. The van der Waals surface area contributed by atoms with E-state index in [0.29, 0.717) is 13.1 Å². The van der Waals surface area contributed by atoms with Gasteiger partial charge in [0.1, 0.15) is 0 Å². The third kappa shape index (κ3) is 4.24. The molecule has 1 heterocycles. The smallest absolute Gasteiger partial charge is 0.309 e. The molecule has 0 aromatic carbocycles. The molecule has 1 aliphatic heterocycles. The van der Waals surface area contributed by atoms with Gasteiger partial charge in [0.15, 0.2) is 0 Å². The first-order valence-corrected chi connectivity index (χ1v) is 8.59. The van der Waals surface area contributed by atoms with Gasteiger partial charge in [0.05, 0.1) is 18.9 Å². The van der Waals surface area contributed by atoms with Gasteiger partial charge in [-0.05, 0) is 32.6 Å². The molecule has 1 N–H and O–H groups in total. The molecule has 3 atom stereocenters. The van der Waals surface area contributed by atoms with Crippen LogP contribution in [0.3, 0.4) is 0 Å². The van der Waals surface area contributed by atoms with Gasteiger partial charge in [0, 0.05) is 25.6 Å². The van der Waals surface area contributed by atoms with Crippen molar-refractivity contribution in [2.75, 3.05) is 20.2 Å². The van der Waals surface area contributed by atoms with Gasteiger partial charge in [0.2, 0.25) is 11.8 Å². The Morgan fingerprint density at radius 2 is 2.00 bits per heavy atom. The number of carbonyl (C=O) groups is 3. The molecule has 6 nitrogen and oxygen atoms in total. The molecule has 1 saturated heterocycles. The molecule has 23 heavy (non-hydrogen) atoms. The van der Waals surface area contributed by atoms with Crippen LogP contribution in [-0.2, 0) is 19.1 Å². The molecule has 1 saturated carbocycles. The summed E-state index contributed by atoms with van der Waals surface area (Å²) in [6.45, 7) is 4.90. The number of nitrogens with one attached hydrogen (secondary N) is 1. The molecular weight excluding hydrogens is 296 g/mol. The Morgan fingerprint density at radius 1 is 1.30 bits per heavy atom. The molecule has 0 aromatic heterocycles. The zero-order valence-electron chi connectivity index (χ0n) is 14.3. The van der Waals surface area contributed by atoms with Crippen molar-refractivity contribution in [2.45, 2.75) is 52.0 Å². The maximum absolute atomic E-state index is 12.3. The van der Waals surface area contributed by atoms with Gasteiger partial charge in [-0.3, -0.25) is 14.4 Å². The van der Waals surface area contributed by atoms with Crippen molar-refractivity contribution in [3.63, 3.8) is 0 Å². The van der Waals surface area contributed by atoms with Crippen LogP contribution in [0.1, 0.15) is 46.0 Å². The van der Waals surface area contributed by atoms with E-state index in [1.54, 1.807) is 4.90 Å². The first kappa shape index (κ1) is 17.8. The standard InChI is InChI=1S/C17H28N2O4/c1-11(2)19-10-13(8-15(19)20)16(21)18-9-12-6-4-5-7-14(12)17(22)23-3/h11-14H,4-10H2,1-3H3,(H,18,21). The van der Waals surface area contributed by atoms with Crippen molar-refractivity contribution in [1.82, 2.24) is 10.2 Å². The fourth-order valence-electron chi connectivity index (χ4n) is 3.70. The number of hydrogen-bond donors (Lipinski definition) is 1. The van der Waals surface area contributed by atoms with E-state index >= 15 is 0 Å². The van der Waals surface area contributed by atoms with Crippen LogP contribution in [0.2, 0.25) is 0 Å². The van der Waals surface area contributed by atoms with Crippen molar-refractivity contribution in [1.29, 1.82) is 0 Å². The zero-order valence-corrected chi connectivity index (χ0v) is 14.3. The van der Waals surface area contributed by atoms with E-state index in [-0.39, 0.29) is 48.0 Å². The summed E-state index contributed by atoms with van der Waals surface area (Å²) in [6, 6.07) is 0.127. The second kappa shape index (κ2) is 7.79. The highest BCUT2D eigenvalue weighted by Gasteiger charge is 2.36. The van der Waals surface area contributed by atoms with Crippen LogP contribution in [0.15, 0.2) is 0 Å². The Bertz CT molecular complexity index is 464. The van der Waals surface area contributed by atoms with E-state index < -0.39 is 0 Å². The zero-order chi connectivity index (χ0) is 17.0. The fourth-order valence-corrected chi connectivity index (χ4v) is 3.70. The maximum atomic E-state index is 12.3. The Hall–Kier alpha value is -1.59. The number of amides is 2. The molecule has 0 aromatic rings. The van der Waals surface area contributed by atoms with Crippen molar-refractivity contribution < 1.29 is 19.1 Å². The summed E-state index contributed by atoms with van der Waals surface area (Å²) in [5.41, 5.74) is 0. The summed E-state index contributed by atoms with van der Waals surface area (Å²) in [5, 5.41) is 2.96. The van der Waals surface area contributed by atoms with Gasteiger partial charge >= 0.3 is 5.97 Å². The lowest BCUT2D eigenvalue weighted by molar-refractivity contribution is -0.149. The molecular formula is C17H28N2O4. The number of ether oxygens (including phenoxy) is 1. The van der Waals surface area contributed by atoms with Gasteiger partial charge in [0.25, 0.3) is 0 Å². The number of carbonyl (C=O) groups excluding carboxylic acids is 3. The largest absolute Gasteiger partial charge is 0.469 e. The topological polar surface area (TPSA) is 75.7 Å². The Kier molecular flexibility index (Phi) is 6.02. The van der Waals surface area contributed by atoms with Crippen LogP contribution in [-0.4, -0.2) is 48.9 Å². The molecule has 0 spiro atoms. The van der Waals surface area contributed by atoms with Crippen LogP contribution in [0, 0.1) is 17.8 Å². The normalized spacial score (nSPS) is 28.1. The molecule has 3 unspecified atom stereocenters. The minimum atomic E-state index is -0.273. The van der Waals surface area contributed by atoms with E-state index in [9.17, 15) is 14.4 Å². The van der Waals surface area contributed by atoms with Crippen molar-refractivity contribution >= 4 is 17.8 Å². The predicted octanol–water partition coefficient (Wildman–Crippen LogP) is 1.34. The van der Waals surface area contributed by atoms with E-state index in [1.165, 1.54) is 7.11 Å². The summed E-state index contributed by atoms with van der Waals surface area (Å²) >= 11 is 0. The molecule has 1 aliphatic carbocycles. The van der Waals surface area contributed by atoms with E-state index in [1.807, 2.05) is 13.8 Å². The monoisotopic (exact) mass is 324 g/mol. The van der Waals surface area contributed by atoms with Gasteiger partial charge in [-0.1, -0.05) is 12.8 Å². The summed E-state index contributed by atoms with van der Waals surface area (Å²) in [4.78, 5) is 37.8. The van der Waals surface area contributed by atoms with E-state index in [0.717, 1.165) is 25.7 Å². The Balaban J connectivity index is 1.86. The first-order chi connectivity index (χ1) is 10.9. The minimum absolute atomic E-state index is 0.0465. The molecule has 2 amide bonds. The summed E-state index contributed by atoms with van der Waals surface area (Å²) in [6.07, 6.45) is 4.16. The van der Waals surface area contributed by atoms with E-state index in [2.05, 4.69) is 5.32 Å². The summed E-state index contributed by atoms with van der Waals surface area (Å²) < 4.78 is 4.88. The molecule has 0 radical (unpaired) electrons. The molecule has 0 bridgehead atoms. The molecule has 2 fully saturated rings. The SMILES string of the molecule is COC(=O)C1CCCCC1CNC(=O)C1CC(=O)N(C(C)C)C1. The second-order valence-corrected chi connectivity index (χ2v) is 6.96. The second-order valence-electron chi connectivity index (χ2n) is 6.96. The van der Waals surface area contributed by atoms with Gasteiger partial charge in [-0.25, -0.2) is 0 Å². The minimum Gasteiger partial charge on any atom is -0.469 e. The van der Waals surface area contributed by atoms with Crippen molar-refractivity contribution in [2.24, 2.45) is 17.8 Å². The molecule has 2 rings (SSSR count). The number of rotatable bonds is 5. The number of methoxy groups -OCH3 is 1. The fraction of sp³-hybridized carbons (Fsp3) is 0.824. The average molecular weight is 324 g/mol. The molecule has 130 valence electrons. The predicted molar refractivity (Wildman–Crippen MR) is 85.4 cm³/mol. The maximum Gasteiger partial charge on any atom is 0.309 e.